The molecule has 2 aliphatic rings. The smallest absolute Gasteiger partial charge is 0.412 e. The largest absolute Gasteiger partial charge is 0.445 e. The highest BCUT2D eigenvalue weighted by molar-refractivity contribution is 6.39. The first kappa shape index (κ1) is 30.6. The van der Waals surface area contributed by atoms with Gasteiger partial charge in [-0.15, -0.1) is 0 Å². The third-order valence-electron chi connectivity index (χ3n) is 7.20. The van der Waals surface area contributed by atoms with E-state index in [2.05, 4.69) is 17.6 Å². The van der Waals surface area contributed by atoms with Gasteiger partial charge < -0.3 is 24.6 Å². The summed E-state index contributed by atoms with van der Waals surface area (Å²) in [5.74, 6) is -1.04. The number of carbonyl (C=O) groups is 4. The van der Waals surface area contributed by atoms with Crippen LogP contribution in [0.25, 0.3) is 0 Å². The van der Waals surface area contributed by atoms with Crippen LogP contribution in [0, 0.1) is 5.92 Å². The van der Waals surface area contributed by atoms with Crippen LogP contribution in [0.15, 0.2) is 66.2 Å². The number of benzene rings is 2. The van der Waals surface area contributed by atoms with Crippen molar-refractivity contribution in [1.29, 1.82) is 0 Å². The monoisotopic (exact) mass is 576 g/mol. The Morgan fingerprint density at radius 3 is 2.21 bits per heavy atom. The number of likely N-dealkylation sites (tertiary alicyclic amines) is 1. The second-order valence-corrected chi connectivity index (χ2v) is 11.8. The summed E-state index contributed by atoms with van der Waals surface area (Å²) in [5.41, 5.74) is 2.31. The minimum atomic E-state index is -0.718. The summed E-state index contributed by atoms with van der Waals surface area (Å²) >= 11 is 0. The number of carbonyl (C=O) groups excluding carboxylic acids is 4. The van der Waals surface area contributed by atoms with E-state index in [4.69, 9.17) is 9.47 Å². The maximum absolute atomic E-state index is 13.4. The summed E-state index contributed by atoms with van der Waals surface area (Å²) in [4.78, 5) is 54.3. The Morgan fingerprint density at radius 2 is 1.60 bits per heavy atom. The summed E-state index contributed by atoms with van der Waals surface area (Å²) < 4.78 is 10.7. The number of amides is 4. The number of hydrogen-bond donors (Lipinski definition) is 2. The molecule has 2 atom stereocenters. The van der Waals surface area contributed by atoms with E-state index in [-0.39, 0.29) is 24.7 Å². The molecular formula is C32H40N4O6. The summed E-state index contributed by atoms with van der Waals surface area (Å²) in [6.07, 6.45) is 3.35. The zero-order chi connectivity index (χ0) is 30.3. The fraction of sp³-hybridized carbons (Fsp3) is 0.438. The maximum atomic E-state index is 13.4. The van der Waals surface area contributed by atoms with Crippen LogP contribution in [0.1, 0.15) is 52.5 Å². The molecule has 10 heteroatoms. The van der Waals surface area contributed by atoms with Gasteiger partial charge in [0.25, 0.3) is 0 Å². The molecule has 2 aliphatic heterocycles. The van der Waals surface area contributed by atoms with Gasteiger partial charge in [0.15, 0.2) is 0 Å². The summed E-state index contributed by atoms with van der Waals surface area (Å²) in [6, 6.07) is 15.8. The average molecular weight is 577 g/mol. The highest BCUT2D eigenvalue weighted by Crippen LogP contribution is 2.30. The lowest BCUT2D eigenvalue weighted by molar-refractivity contribution is -0.145. The van der Waals surface area contributed by atoms with E-state index < -0.39 is 23.5 Å². The van der Waals surface area contributed by atoms with Crippen LogP contribution >= 0.6 is 0 Å². The van der Waals surface area contributed by atoms with Crippen LogP contribution in [-0.4, -0.2) is 65.1 Å². The van der Waals surface area contributed by atoms with Crippen molar-refractivity contribution in [3.63, 3.8) is 0 Å². The maximum Gasteiger partial charge on any atom is 0.412 e. The Morgan fingerprint density at radius 1 is 0.929 bits per heavy atom. The van der Waals surface area contributed by atoms with Crippen molar-refractivity contribution in [2.24, 2.45) is 5.92 Å². The van der Waals surface area contributed by atoms with E-state index in [1.807, 2.05) is 36.4 Å². The molecule has 0 unspecified atom stereocenters. The lowest BCUT2D eigenvalue weighted by Gasteiger charge is -2.41. The number of piperidine rings is 1. The normalized spacial score (nSPS) is 18.9. The van der Waals surface area contributed by atoms with Crippen molar-refractivity contribution in [2.45, 2.75) is 65.2 Å². The Balaban J connectivity index is 1.33. The zero-order valence-electron chi connectivity index (χ0n) is 24.7. The van der Waals surface area contributed by atoms with Gasteiger partial charge >= 0.3 is 24.0 Å². The Bertz CT molecular complexity index is 1300. The quantitative estimate of drug-likeness (QED) is 0.355. The van der Waals surface area contributed by atoms with Crippen molar-refractivity contribution in [1.82, 2.24) is 9.80 Å². The minimum absolute atomic E-state index is 0.192. The Labute approximate surface area is 247 Å². The van der Waals surface area contributed by atoms with Crippen LogP contribution in [0.4, 0.5) is 21.0 Å². The molecular weight excluding hydrogens is 536 g/mol. The van der Waals surface area contributed by atoms with Gasteiger partial charge in [-0.3, -0.25) is 14.9 Å². The number of hydrogen-bond acceptors (Lipinski definition) is 6. The third-order valence-corrected chi connectivity index (χ3v) is 7.20. The number of nitrogens with one attached hydrogen (secondary N) is 2. The van der Waals surface area contributed by atoms with Crippen molar-refractivity contribution >= 4 is 35.4 Å². The van der Waals surface area contributed by atoms with Crippen LogP contribution < -0.4 is 10.6 Å². The van der Waals surface area contributed by atoms with Crippen molar-refractivity contribution in [3.05, 3.63) is 71.8 Å². The molecule has 0 spiro atoms. The molecule has 2 aromatic rings. The SMILES string of the molecule is C[C@H]1CC[C@H](C2=CCN(C(=O)OCc3ccccc3)CC2)N(C(=O)C(=O)Nc2ccc(NC(=O)OC(C)(C)C)cc2)C1. The molecule has 0 aliphatic carbocycles. The van der Waals surface area contributed by atoms with E-state index >= 15 is 0 Å². The van der Waals surface area contributed by atoms with Crippen molar-refractivity contribution in [2.75, 3.05) is 30.3 Å². The van der Waals surface area contributed by atoms with Gasteiger partial charge in [0.2, 0.25) is 0 Å². The molecule has 4 rings (SSSR count). The topological polar surface area (TPSA) is 117 Å². The molecule has 2 N–H and O–H groups in total. The second kappa shape index (κ2) is 13.5. The Hall–Kier alpha value is -4.34. The van der Waals surface area contributed by atoms with Gasteiger partial charge in [0.1, 0.15) is 12.2 Å². The van der Waals surface area contributed by atoms with E-state index in [1.54, 1.807) is 54.8 Å². The van der Waals surface area contributed by atoms with Gasteiger partial charge in [-0.1, -0.05) is 43.3 Å². The summed E-state index contributed by atoms with van der Waals surface area (Å²) in [6.45, 7) is 8.99. The fourth-order valence-electron chi connectivity index (χ4n) is 5.10. The lowest BCUT2D eigenvalue weighted by Crippen LogP contribution is -2.52. The van der Waals surface area contributed by atoms with E-state index in [1.165, 1.54) is 0 Å². The molecule has 1 saturated heterocycles. The predicted molar refractivity (Wildman–Crippen MR) is 160 cm³/mol. The van der Waals surface area contributed by atoms with Gasteiger partial charge in [0.05, 0.1) is 6.04 Å². The number of ether oxygens (including phenoxy) is 2. The zero-order valence-corrected chi connectivity index (χ0v) is 24.7. The first-order valence-corrected chi connectivity index (χ1v) is 14.3. The minimum Gasteiger partial charge on any atom is -0.445 e. The number of rotatable bonds is 5. The van der Waals surface area contributed by atoms with Crippen LogP contribution in [-0.2, 0) is 25.7 Å². The average Bonchev–Trinajstić information content (AvgIpc) is 2.96. The van der Waals surface area contributed by atoms with Gasteiger partial charge in [-0.05, 0) is 81.4 Å². The predicted octanol–water partition coefficient (Wildman–Crippen LogP) is 5.57. The van der Waals surface area contributed by atoms with Gasteiger partial charge in [-0.25, -0.2) is 9.59 Å². The van der Waals surface area contributed by atoms with Crippen molar-refractivity contribution in [3.8, 4) is 0 Å². The molecule has 224 valence electrons. The summed E-state index contributed by atoms with van der Waals surface area (Å²) in [5, 5.41) is 5.32. The molecule has 0 radical (unpaired) electrons. The molecule has 0 aromatic heterocycles. The van der Waals surface area contributed by atoms with Crippen LogP contribution in [0.5, 0.6) is 0 Å². The van der Waals surface area contributed by atoms with Crippen molar-refractivity contribution < 1.29 is 28.7 Å². The first-order chi connectivity index (χ1) is 20.0. The standard InChI is InChI=1S/C32H40N4O6/c1-22-10-15-27(24-16-18-35(19-17-24)31(40)41-21-23-8-6-5-7-9-23)36(20-22)29(38)28(37)33-25-11-13-26(14-12-25)34-30(39)42-32(2,3)4/h5-9,11-14,16,22,27H,10,15,17-21H2,1-4H3,(H,33,37)(H,34,39)/t22-,27+/m0/s1. The first-order valence-electron chi connectivity index (χ1n) is 14.3. The lowest BCUT2D eigenvalue weighted by atomic mass is 9.87. The fourth-order valence-corrected chi connectivity index (χ4v) is 5.10. The Kier molecular flexibility index (Phi) is 9.88. The second-order valence-electron chi connectivity index (χ2n) is 11.8. The van der Waals surface area contributed by atoms with E-state index in [0.29, 0.717) is 37.4 Å². The molecule has 0 bridgehead atoms. The highest BCUT2D eigenvalue weighted by Gasteiger charge is 2.36. The van der Waals surface area contributed by atoms with Crippen LogP contribution in [0.3, 0.4) is 0 Å². The number of nitrogens with zero attached hydrogens (tertiary/aromatic N) is 2. The van der Waals surface area contributed by atoms with E-state index in [0.717, 1.165) is 24.0 Å². The number of anilines is 2. The van der Waals surface area contributed by atoms with Gasteiger partial charge in [0, 0.05) is 31.0 Å². The third kappa shape index (κ3) is 8.58. The molecule has 4 amide bonds. The van der Waals surface area contributed by atoms with Gasteiger partial charge in [-0.2, -0.15) is 0 Å². The molecule has 2 heterocycles. The highest BCUT2D eigenvalue weighted by atomic mass is 16.6. The van der Waals surface area contributed by atoms with Crippen LogP contribution in [0.2, 0.25) is 0 Å². The molecule has 2 aromatic carbocycles. The molecule has 1 fully saturated rings. The van der Waals surface area contributed by atoms with E-state index in [9.17, 15) is 19.2 Å². The molecule has 10 nitrogen and oxygen atoms in total. The molecule has 42 heavy (non-hydrogen) atoms. The molecule has 0 saturated carbocycles. The summed E-state index contributed by atoms with van der Waals surface area (Å²) in [7, 11) is 0.